The number of benzene rings is 1. The Balaban J connectivity index is 2.52. The maximum absolute atomic E-state index is 6.03. The highest BCUT2D eigenvalue weighted by Crippen LogP contribution is 2.27. The Kier molecular flexibility index (Phi) is 3.55. The predicted octanol–water partition coefficient (Wildman–Crippen LogP) is 3.51. The van der Waals surface area contributed by atoms with Crippen LogP contribution in [0.25, 0.3) is 5.57 Å². The lowest BCUT2D eigenvalue weighted by Gasteiger charge is -2.10. The molecule has 0 aliphatic carbocycles. The Morgan fingerprint density at radius 1 is 1.24 bits per heavy atom. The molecule has 0 radical (unpaired) electrons. The minimum atomic E-state index is 0.802. The average Bonchev–Trinajstić information content (AvgIpc) is 2.38. The third-order valence-electron chi connectivity index (χ3n) is 2.63. The van der Waals surface area contributed by atoms with Crippen LogP contribution in [0.5, 0.6) is 0 Å². The maximum atomic E-state index is 6.03. The van der Waals surface area contributed by atoms with Gasteiger partial charge in [-0.15, -0.1) is 0 Å². The van der Waals surface area contributed by atoms with E-state index >= 15 is 0 Å². The molecule has 2 heteroatoms. The summed E-state index contributed by atoms with van der Waals surface area (Å²) in [5, 5.41) is 0. The number of aromatic nitrogens is 1. The topological polar surface area (TPSA) is 38.9 Å². The van der Waals surface area contributed by atoms with Gasteiger partial charge in [-0.1, -0.05) is 37.3 Å². The van der Waals surface area contributed by atoms with Crippen LogP contribution in [0.1, 0.15) is 24.5 Å². The van der Waals surface area contributed by atoms with E-state index in [4.69, 9.17) is 5.73 Å². The molecule has 86 valence electrons. The lowest BCUT2D eigenvalue weighted by molar-refractivity contribution is 1.22. The van der Waals surface area contributed by atoms with E-state index < -0.39 is 0 Å². The monoisotopic (exact) mass is 224 g/mol. The Hall–Kier alpha value is -2.09. The number of para-hydroxylation sites is 1. The Morgan fingerprint density at radius 3 is 2.71 bits per heavy atom. The molecule has 0 unspecified atom stereocenters. The van der Waals surface area contributed by atoms with Crippen molar-refractivity contribution in [1.82, 2.24) is 4.98 Å². The van der Waals surface area contributed by atoms with Gasteiger partial charge in [0.2, 0.25) is 0 Å². The first-order valence-corrected chi connectivity index (χ1v) is 5.78. The fourth-order valence-corrected chi connectivity index (χ4v) is 1.85. The standard InChI is InChI=1S/C15H16N2/c1-2-6-13(12-7-5-10-17-11-12)14-8-3-4-9-15(14)16/h3-11H,2,16H2,1H3/b13-6+. The summed E-state index contributed by atoms with van der Waals surface area (Å²) in [7, 11) is 0. The van der Waals surface area contributed by atoms with Gasteiger partial charge < -0.3 is 5.73 Å². The number of hydrogen-bond donors (Lipinski definition) is 1. The lowest BCUT2D eigenvalue weighted by Crippen LogP contribution is -1.95. The van der Waals surface area contributed by atoms with Crippen LogP contribution in [-0.2, 0) is 0 Å². The molecule has 1 aromatic carbocycles. The highest BCUT2D eigenvalue weighted by Gasteiger charge is 2.07. The summed E-state index contributed by atoms with van der Waals surface area (Å²) in [6.07, 6.45) is 6.80. The summed E-state index contributed by atoms with van der Waals surface area (Å²) in [5.74, 6) is 0. The van der Waals surface area contributed by atoms with Crippen molar-refractivity contribution in [1.29, 1.82) is 0 Å². The van der Waals surface area contributed by atoms with Crippen LogP contribution in [0.15, 0.2) is 54.9 Å². The molecular weight excluding hydrogens is 208 g/mol. The van der Waals surface area contributed by atoms with Crippen molar-refractivity contribution in [3.05, 3.63) is 66.0 Å². The smallest absolute Gasteiger partial charge is 0.0393 e. The number of anilines is 1. The molecule has 1 heterocycles. The minimum Gasteiger partial charge on any atom is -0.398 e. The van der Waals surface area contributed by atoms with E-state index in [0.29, 0.717) is 0 Å². The molecule has 2 nitrogen and oxygen atoms in total. The van der Waals surface area contributed by atoms with E-state index in [9.17, 15) is 0 Å². The molecule has 1 aromatic heterocycles. The summed E-state index contributed by atoms with van der Waals surface area (Å²) in [6.45, 7) is 2.12. The van der Waals surface area contributed by atoms with E-state index in [-0.39, 0.29) is 0 Å². The Morgan fingerprint density at radius 2 is 2.06 bits per heavy atom. The fraction of sp³-hybridized carbons (Fsp3) is 0.133. The van der Waals surface area contributed by atoms with Gasteiger partial charge in [-0.05, 0) is 24.1 Å². The van der Waals surface area contributed by atoms with Crippen molar-refractivity contribution in [2.24, 2.45) is 0 Å². The van der Waals surface area contributed by atoms with Crippen molar-refractivity contribution in [3.8, 4) is 0 Å². The molecule has 0 fully saturated rings. The molecule has 0 spiro atoms. The summed E-state index contributed by atoms with van der Waals surface area (Å²) in [4.78, 5) is 4.16. The number of nitrogens with zero attached hydrogens (tertiary/aromatic N) is 1. The van der Waals surface area contributed by atoms with Crippen LogP contribution in [0.3, 0.4) is 0 Å². The van der Waals surface area contributed by atoms with Crippen molar-refractivity contribution >= 4 is 11.3 Å². The largest absolute Gasteiger partial charge is 0.398 e. The minimum absolute atomic E-state index is 0.802. The van der Waals surface area contributed by atoms with Gasteiger partial charge in [-0.25, -0.2) is 0 Å². The van der Waals surface area contributed by atoms with E-state index in [1.807, 2.05) is 36.5 Å². The number of rotatable bonds is 3. The van der Waals surface area contributed by atoms with Gasteiger partial charge in [-0.2, -0.15) is 0 Å². The van der Waals surface area contributed by atoms with Crippen LogP contribution in [0.2, 0.25) is 0 Å². The van der Waals surface area contributed by atoms with Gasteiger partial charge in [0.15, 0.2) is 0 Å². The zero-order chi connectivity index (χ0) is 12.1. The summed E-state index contributed by atoms with van der Waals surface area (Å²) in [6, 6.07) is 11.9. The third-order valence-corrected chi connectivity index (χ3v) is 2.63. The first-order valence-electron chi connectivity index (χ1n) is 5.78. The lowest BCUT2D eigenvalue weighted by atomic mass is 9.97. The molecule has 2 aromatic rings. The van der Waals surface area contributed by atoms with Crippen molar-refractivity contribution in [3.63, 3.8) is 0 Å². The highest BCUT2D eigenvalue weighted by molar-refractivity contribution is 5.85. The highest BCUT2D eigenvalue weighted by atomic mass is 14.6. The predicted molar refractivity (Wildman–Crippen MR) is 72.5 cm³/mol. The maximum Gasteiger partial charge on any atom is 0.0393 e. The second-order valence-electron chi connectivity index (χ2n) is 3.85. The Labute approximate surface area is 102 Å². The number of pyridine rings is 1. The van der Waals surface area contributed by atoms with Gasteiger partial charge in [0.1, 0.15) is 0 Å². The Bertz CT molecular complexity index is 515. The quantitative estimate of drug-likeness (QED) is 0.810. The van der Waals surface area contributed by atoms with E-state index in [2.05, 4.69) is 24.1 Å². The fourth-order valence-electron chi connectivity index (χ4n) is 1.85. The second-order valence-corrected chi connectivity index (χ2v) is 3.85. The molecule has 0 saturated heterocycles. The van der Waals surface area contributed by atoms with Crippen molar-refractivity contribution in [2.75, 3.05) is 5.73 Å². The van der Waals surface area contributed by atoms with E-state index in [0.717, 1.165) is 28.8 Å². The number of nitrogen functional groups attached to an aromatic ring is 1. The number of nitrogens with two attached hydrogens (primary N) is 1. The number of allylic oxidation sites excluding steroid dienone is 1. The van der Waals surface area contributed by atoms with Crippen LogP contribution in [0, 0.1) is 0 Å². The summed E-state index contributed by atoms with van der Waals surface area (Å²) < 4.78 is 0. The zero-order valence-electron chi connectivity index (χ0n) is 9.93. The molecule has 2 rings (SSSR count). The second kappa shape index (κ2) is 5.30. The molecule has 0 bridgehead atoms. The van der Waals surface area contributed by atoms with Crippen LogP contribution >= 0.6 is 0 Å². The average molecular weight is 224 g/mol. The van der Waals surface area contributed by atoms with Gasteiger partial charge >= 0.3 is 0 Å². The first kappa shape index (κ1) is 11.4. The van der Waals surface area contributed by atoms with Gasteiger partial charge in [0, 0.05) is 29.2 Å². The van der Waals surface area contributed by atoms with Crippen LogP contribution in [0.4, 0.5) is 5.69 Å². The first-order chi connectivity index (χ1) is 8.33. The molecule has 0 saturated carbocycles. The molecule has 0 aliphatic heterocycles. The molecule has 0 aliphatic rings. The van der Waals surface area contributed by atoms with Gasteiger partial charge in [0.05, 0.1) is 0 Å². The third kappa shape index (κ3) is 2.53. The van der Waals surface area contributed by atoms with Crippen LogP contribution < -0.4 is 5.73 Å². The van der Waals surface area contributed by atoms with E-state index in [1.165, 1.54) is 0 Å². The molecule has 17 heavy (non-hydrogen) atoms. The van der Waals surface area contributed by atoms with Crippen molar-refractivity contribution < 1.29 is 0 Å². The van der Waals surface area contributed by atoms with Crippen LogP contribution in [-0.4, -0.2) is 4.98 Å². The van der Waals surface area contributed by atoms with E-state index in [1.54, 1.807) is 6.20 Å². The molecule has 2 N–H and O–H groups in total. The SMILES string of the molecule is CC/C=C(\c1cccnc1)c1ccccc1N. The zero-order valence-corrected chi connectivity index (χ0v) is 9.93. The molecular formula is C15H16N2. The number of hydrogen-bond acceptors (Lipinski definition) is 2. The molecule has 0 atom stereocenters. The van der Waals surface area contributed by atoms with Gasteiger partial charge in [0.25, 0.3) is 0 Å². The van der Waals surface area contributed by atoms with Gasteiger partial charge in [-0.3, -0.25) is 4.98 Å². The normalized spacial score (nSPS) is 11.5. The summed E-state index contributed by atoms with van der Waals surface area (Å²) in [5.41, 5.74) is 10.2. The van der Waals surface area contributed by atoms with Crippen molar-refractivity contribution in [2.45, 2.75) is 13.3 Å². The summed E-state index contributed by atoms with van der Waals surface area (Å²) >= 11 is 0. The molecule has 0 amide bonds.